The van der Waals surface area contributed by atoms with Gasteiger partial charge in [0, 0.05) is 18.1 Å². The fourth-order valence-corrected chi connectivity index (χ4v) is 4.66. The van der Waals surface area contributed by atoms with Gasteiger partial charge in [0.2, 0.25) is 11.8 Å². The van der Waals surface area contributed by atoms with Crippen molar-refractivity contribution in [1.29, 1.82) is 0 Å². The summed E-state index contributed by atoms with van der Waals surface area (Å²) in [4.78, 5) is 0. The molecule has 0 spiro atoms. The summed E-state index contributed by atoms with van der Waals surface area (Å²) in [5.41, 5.74) is 0. The fraction of sp³-hybridized carbons (Fsp3) is 0.692. The minimum atomic E-state index is -6.28. The van der Waals surface area contributed by atoms with Crippen LogP contribution in [-0.2, 0) is 10.1 Å². The molecule has 1 aromatic rings. The number of rotatable bonds is 5. The predicted octanol–water partition coefficient (Wildman–Crippen LogP) is 1.29. The zero-order valence-electron chi connectivity index (χ0n) is 12.5. The van der Waals surface area contributed by atoms with Crippen molar-refractivity contribution in [3.63, 3.8) is 0 Å². The van der Waals surface area contributed by atoms with Crippen LogP contribution in [0.5, 0.6) is 11.8 Å². The number of aliphatic hydroxyl groups is 1. The maximum absolute atomic E-state index is 14.4. The molecule has 25 heavy (non-hydrogen) atoms. The Labute approximate surface area is 139 Å². The zero-order chi connectivity index (χ0) is 18.8. The summed E-state index contributed by atoms with van der Waals surface area (Å²) in [5, 5.41) is 22.5. The van der Waals surface area contributed by atoms with Gasteiger partial charge < -0.3 is 15.3 Å². The number of alkyl halides is 4. The van der Waals surface area contributed by atoms with E-state index in [9.17, 15) is 41.3 Å². The van der Waals surface area contributed by atoms with Crippen LogP contribution in [0.2, 0.25) is 0 Å². The lowest BCUT2D eigenvalue weighted by molar-refractivity contribution is -0.210. The maximum Gasteiger partial charge on any atom is 0.444 e. The van der Waals surface area contributed by atoms with E-state index in [1.165, 1.54) is 0 Å². The summed E-state index contributed by atoms with van der Waals surface area (Å²) in [6.45, 7) is 0. The van der Waals surface area contributed by atoms with Gasteiger partial charge in [0.1, 0.15) is 0 Å². The van der Waals surface area contributed by atoms with Crippen LogP contribution in [0, 0.1) is 17.8 Å². The van der Waals surface area contributed by atoms with Crippen molar-refractivity contribution in [3.8, 4) is 11.8 Å². The van der Waals surface area contributed by atoms with Crippen LogP contribution in [0.4, 0.5) is 17.6 Å². The summed E-state index contributed by atoms with van der Waals surface area (Å²) < 4.78 is 84.3. The highest BCUT2D eigenvalue weighted by Crippen LogP contribution is 2.58. The fourth-order valence-electron chi connectivity index (χ4n) is 3.74. The first-order valence-electron chi connectivity index (χ1n) is 7.36. The highest BCUT2D eigenvalue weighted by atomic mass is 32.2. The molecule has 0 aromatic carbocycles. The van der Waals surface area contributed by atoms with E-state index in [-0.39, 0.29) is 29.9 Å². The van der Waals surface area contributed by atoms with Gasteiger partial charge in [0.15, 0.2) is 0 Å². The monoisotopic (exact) mass is 389 g/mol. The molecule has 0 radical (unpaired) electrons. The quantitative estimate of drug-likeness (QED) is 0.655. The smallest absolute Gasteiger partial charge is 0.444 e. The second-order valence-corrected chi connectivity index (χ2v) is 7.99. The van der Waals surface area contributed by atoms with Gasteiger partial charge >= 0.3 is 21.3 Å². The average Bonchev–Trinajstić information content (AvgIpc) is 3.16. The van der Waals surface area contributed by atoms with Crippen molar-refractivity contribution in [1.82, 2.24) is 4.73 Å². The molecule has 3 rings (SSSR count). The number of hydrogen-bond donors (Lipinski definition) is 3. The average molecular weight is 389 g/mol. The van der Waals surface area contributed by atoms with Crippen LogP contribution >= 0.6 is 0 Å². The van der Waals surface area contributed by atoms with Crippen molar-refractivity contribution in [2.24, 2.45) is 17.8 Å². The number of halogens is 4. The molecule has 12 heteroatoms. The molecular weight excluding hydrogens is 374 g/mol. The molecular formula is C13H15F4NO6S. The van der Waals surface area contributed by atoms with Crippen molar-refractivity contribution < 1.29 is 45.6 Å². The van der Waals surface area contributed by atoms with Gasteiger partial charge in [-0.25, -0.2) is 0 Å². The van der Waals surface area contributed by atoms with E-state index in [4.69, 9.17) is 0 Å². The Bertz CT molecular complexity index is 760. The SMILES string of the molecule is O=S(=O)(On1c(O)ccc1O)C(F)(F)C(F)(F)C1CC2CC(O)C1C2. The summed E-state index contributed by atoms with van der Waals surface area (Å²) in [5.74, 6) is -10.7. The first-order valence-corrected chi connectivity index (χ1v) is 8.77. The van der Waals surface area contributed by atoms with Crippen LogP contribution in [0.3, 0.4) is 0 Å². The summed E-state index contributed by atoms with van der Waals surface area (Å²) in [7, 11) is -6.28. The van der Waals surface area contributed by atoms with Crippen molar-refractivity contribution in [3.05, 3.63) is 12.1 Å². The van der Waals surface area contributed by atoms with E-state index in [0.29, 0.717) is 12.1 Å². The van der Waals surface area contributed by atoms with Crippen molar-refractivity contribution >= 4 is 10.1 Å². The first kappa shape index (κ1) is 18.1. The van der Waals surface area contributed by atoms with E-state index >= 15 is 0 Å². The lowest BCUT2D eigenvalue weighted by Crippen LogP contribution is -2.56. The Morgan fingerprint density at radius 2 is 1.64 bits per heavy atom. The molecule has 2 saturated carbocycles. The summed E-state index contributed by atoms with van der Waals surface area (Å²) in [6, 6.07) is 1.43. The Hall–Kier alpha value is -1.69. The standard InChI is InChI=1S/C13H15F4NO6S/c14-12(15,8-4-6-3-7(8)9(19)5-6)13(16,17)25(22,23)24-18-10(20)1-2-11(18)21/h1-2,6-9,19-21H,3-5H2. The maximum atomic E-state index is 14.4. The Morgan fingerprint density at radius 3 is 2.12 bits per heavy atom. The minimum absolute atomic E-state index is 0.123. The molecule has 3 N–H and O–H groups in total. The van der Waals surface area contributed by atoms with Crippen LogP contribution < -0.4 is 4.28 Å². The third-order valence-electron chi connectivity index (χ3n) is 4.92. The molecule has 2 bridgehead atoms. The van der Waals surface area contributed by atoms with Gasteiger partial charge in [-0.1, -0.05) is 4.73 Å². The summed E-state index contributed by atoms with van der Waals surface area (Å²) in [6.07, 6.45) is -1.18. The summed E-state index contributed by atoms with van der Waals surface area (Å²) >= 11 is 0. The van der Waals surface area contributed by atoms with Crippen LogP contribution in [0.25, 0.3) is 0 Å². The van der Waals surface area contributed by atoms with E-state index in [2.05, 4.69) is 4.28 Å². The molecule has 0 amide bonds. The Kier molecular flexibility index (Phi) is 3.91. The molecule has 2 aliphatic carbocycles. The highest BCUT2D eigenvalue weighted by molar-refractivity contribution is 7.88. The highest BCUT2D eigenvalue weighted by Gasteiger charge is 2.74. The van der Waals surface area contributed by atoms with Gasteiger partial charge in [-0.2, -0.15) is 26.0 Å². The normalized spacial score (nSPS) is 30.0. The lowest BCUT2D eigenvalue weighted by atomic mass is 9.82. The number of aromatic nitrogens is 1. The van der Waals surface area contributed by atoms with Crippen LogP contribution in [0.1, 0.15) is 19.3 Å². The molecule has 2 aliphatic rings. The van der Waals surface area contributed by atoms with Gasteiger partial charge in [-0.15, -0.1) is 0 Å². The predicted molar refractivity (Wildman–Crippen MR) is 73.5 cm³/mol. The minimum Gasteiger partial charge on any atom is -0.492 e. The molecule has 1 aromatic heterocycles. The van der Waals surface area contributed by atoms with E-state index in [1.807, 2.05) is 0 Å². The van der Waals surface area contributed by atoms with Gasteiger partial charge in [-0.05, 0) is 31.1 Å². The molecule has 142 valence electrons. The van der Waals surface area contributed by atoms with Crippen molar-refractivity contribution in [2.75, 3.05) is 0 Å². The zero-order valence-corrected chi connectivity index (χ0v) is 13.3. The number of aliphatic hydroxyl groups excluding tert-OH is 1. The van der Waals surface area contributed by atoms with E-state index in [1.54, 1.807) is 0 Å². The Balaban J connectivity index is 1.91. The van der Waals surface area contributed by atoms with Crippen LogP contribution in [-0.4, -0.2) is 45.7 Å². The Morgan fingerprint density at radius 1 is 1.08 bits per heavy atom. The van der Waals surface area contributed by atoms with Gasteiger partial charge in [0.05, 0.1) is 6.10 Å². The number of nitrogens with zero attached hydrogens (tertiary/aromatic N) is 1. The van der Waals surface area contributed by atoms with E-state index < -0.39 is 51.0 Å². The number of aromatic hydroxyl groups is 2. The molecule has 4 atom stereocenters. The van der Waals surface area contributed by atoms with Crippen molar-refractivity contribution in [2.45, 2.75) is 36.5 Å². The van der Waals surface area contributed by atoms with E-state index in [0.717, 1.165) is 0 Å². The molecule has 2 fully saturated rings. The number of fused-ring (bicyclic) bond motifs is 2. The van der Waals surface area contributed by atoms with Gasteiger partial charge in [-0.3, -0.25) is 4.28 Å². The molecule has 4 unspecified atom stereocenters. The second-order valence-electron chi connectivity index (χ2n) is 6.42. The largest absolute Gasteiger partial charge is 0.492 e. The van der Waals surface area contributed by atoms with Crippen LogP contribution in [0.15, 0.2) is 12.1 Å². The van der Waals surface area contributed by atoms with Gasteiger partial charge in [0.25, 0.3) is 0 Å². The third kappa shape index (κ3) is 2.53. The first-order chi connectivity index (χ1) is 11.4. The molecule has 0 aliphatic heterocycles. The third-order valence-corrected chi connectivity index (χ3v) is 6.16. The topological polar surface area (TPSA) is 109 Å². The lowest BCUT2D eigenvalue weighted by Gasteiger charge is -2.35. The molecule has 7 nitrogen and oxygen atoms in total. The number of hydrogen-bond acceptors (Lipinski definition) is 6. The molecule has 1 heterocycles. The molecule has 0 saturated heterocycles. The second kappa shape index (κ2) is 5.40.